The highest BCUT2D eigenvalue weighted by Gasteiger charge is 2.16. The Morgan fingerprint density at radius 1 is 0.490 bits per heavy atom. The smallest absolute Gasteiger partial charge is 0.225 e. The fourth-order valence-electron chi connectivity index (χ4n) is 5.18. The van der Waals surface area contributed by atoms with E-state index >= 15 is 0 Å². The lowest BCUT2D eigenvalue weighted by atomic mass is 9.95. The first-order valence-electron chi connectivity index (χ1n) is 16.2. The lowest BCUT2D eigenvalue weighted by Crippen LogP contribution is -2.26. The number of rotatable bonds is 8. The van der Waals surface area contributed by atoms with Crippen molar-refractivity contribution < 1.29 is 9.59 Å². The van der Waals surface area contributed by atoms with Gasteiger partial charge in [-0.15, -0.1) is 0 Å². The van der Waals surface area contributed by atoms with Gasteiger partial charge in [0.1, 0.15) is 0 Å². The van der Waals surface area contributed by atoms with E-state index in [-0.39, 0.29) is 19.5 Å². The van der Waals surface area contributed by atoms with Gasteiger partial charge in [-0.25, -0.2) is 4.98 Å². The Morgan fingerprint density at radius 3 is 1.25 bits per heavy atom. The summed E-state index contributed by atoms with van der Waals surface area (Å²) in [5, 5.41) is 0. The number of aromatic nitrogens is 2. The summed E-state index contributed by atoms with van der Waals surface area (Å²) < 4.78 is 0. The lowest BCUT2D eigenvalue weighted by Gasteiger charge is -2.20. The van der Waals surface area contributed by atoms with Crippen LogP contribution < -0.4 is 11.5 Å². The molecule has 0 aliphatic heterocycles. The Kier molecular flexibility index (Phi) is 14.4. The SMILES string of the molecule is C.NC(c1ccccc1)C(N)c1ccccc1.O=CC(=O)c1ccccc1.c1ccc(-c2cnc(-c3ccccc3)c(-c3ccccc3)n2)cc1. The van der Waals surface area contributed by atoms with Crippen LogP contribution in [0, 0.1) is 0 Å². The molecule has 2 unspecified atom stereocenters. The minimum atomic E-state index is -0.472. The van der Waals surface area contributed by atoms with Gasteiger partial charge in [0.2, 0.25) is 5.78 Å². The normalized spacial score (nSPS) is 11.2. The first-order chi connectivity index (χ1) is 24.5. The van der Waals surface area contributed by atoms with Crippen LogP contribution in [-0.2, 0) is 4.79 Å². The van der Waals surface area contributed by atoms with Crippen LogP contribution in [0.4, 0.5) is 0 Å². The third-order valence-electron chi connectivity index (χ3n) is 7.86. The monoisotopic (exact) mass is 670 g/mol. The molecule has 254 valence electrons. The molecule has 0 amide bonds. The predicted octanol–water partition coefficient (Wildman–Crippen LogP) is 9.57. The molecule has 6 heteroatoms. The number of ketones is 1. The van der Waals surface area contributed by atoms with Crippen LogP contribution in [0.3, 0.4) is 0 Å². The number of Topliss-reactive ketones (excluding diaryl/α,β-unsaturated/α-hetero) is 1. The molecule has 51 heavy (non-hydrogen) atoms. The maximum absolute atomic E-state index is 10.6. The molecule has 0 spiro atoms. The molecule has 0 aliphatic rings. The number of carbonyl (C=O) groups is 2. The van der Waals surface area contributed by atoms with Crippen molar-refractivity contribution in [3.05, 3.63) is 205 Å². The molecule has 0 bridgehead atoms. The number of hydrogen-bond acceptors (Lipinski definition) is 6. The summed E-state index contributed by atoms with van der Waals surface area (Å²) in [4.78, 5) is 30.3. The van der Waals surface area contributed by atoms with Gasteiger partial charge in [-0.05, 0) is 11.1 Å². The van der Waals surface area contributed by atoms with Crippen molar-refractivity contribution in [1.82, 2.24) is 9.97 Å². The van der Waals surface area contributed by atoms with Crippen LogP contribution in [0.25, 0.3) is 33.8 Å². The summed E-state index contributed by atoms with van der Waals surface area (Å²) >= 11 is 0. The van der Waals surface area contributed by atoms with E-state index in [9.17, 15) is 9.59 Å². The Bertz CT molecular complexity index is 2000. The van der Waals surface area contributed by atoms with E-state index in [4.69, 9.17) is 21.4 Å². The number of carbonyl (C=O) groups excluding carboxylic acids is 2. The third-order valence-corrected chi connectivity index (χ3v) is 7.86. The Morgan fingerprint density at radius 2 is 0.843 bits per heavy atom. The Balaban J connectivity index is 0.000000187. The van der Waals surface area contributed by atoms with E-state index in [0.717, 1.165) is 44.9 Å². The van der Waals surface area contributed by atoms with Crippen molar-refractivity contribution in [1.29, 1.82) is 0 Å². The molecule has 2 atom stereocenters. The van der Waals surface area contributed by atoms with Gasteiger partial charge < -0.3 is 11.5 Å². The second kappa shape index (κ2) is 19.6. The summed E-state index contributed by atoms with van der Waals surface area (Å²) in [5.41, 5.74) is 20.8. The van der Waals surface area contributed by atoms with E-state index in [1.165, 1.54) is 0 Å². The summed E-state index contributed by atoms with van der Waals surface area (Å²) in [5.74, 6) is -0.472. The highest BCUT2D eigenvalue weighted by atomic mass is 16.2. The van der Waals surface area contributed by atoms with Gasteiger partial charge >= 0.3 is 0 Å². The summed E-state index contributed by atoms with van der Waals surface area (Å²) in [6.45, 7) is 0. The van der Waals surface area contributed by atoms with Crippen LogP contribution in [0.15, 0.2) is 188 Å². The van der Waals surface area contributed by atoms with E-state index in [2.05, 4.69) is 36.4 Å². The molecular weight excluding hydrogens is 629 g/mol. The summed E-state index contributed by atoms with van der Waals surface area (Å²) in [6, 6.07) is 58.6. The molecular formula is C45H42N4O2. The molecule has 6 aromatic carbocycles. The van der Waals surface area contributed by atoms with Gasteiger partial charge in [0.15, 0.2) is 6.29 Å². The number of hydrogen-bond donors (Lipinski definition) is 2. The fourth-order valence-corrected chi connectivity index (χ4v) is 5.18. The van der Waals surface area contributed by atoms with E-state index in [1.54, 1.807) is 30.3 Å². The summed E-state index contributed by atoms with van der Waals surface area (Å²) in [6.07, 6.45) is 2.17. The van der Waals surface area contributed by atoms with E-state index in [1.807, 2.05) is 121 Å². The molecule has 1 heterocycles. The fraction of sp³-hybridized carbons (Fsp3) is 0.0667. The Labute approximate surface area is 300 Å². The van der Waals surface area contributed by atoms with E-state index in [0.29, 0.717) is 11.8 Å². The molecule has 0 fully saturated rings. The molecule has 1 aromatic heterocycles. The van der Waals surface area contributed by atoms with Gasteiger partial charge in [0.05, 0.1) is 23.3 Å². The zero-order chi connectivity index (χ0) is 35.0. The van der Waals surface area contributed by atoms with Crippen molar-refractivity contribution >= 4 is 12.1 Å². The topological polar surface area (TPSA) is 112 Å². The minimum absolute atomic E-state index is 0. The van der Waals surface area contributed by atoms with Crippen molar-refractivity contribution in [2.24, 2.45) is 11.5 Å². The largest absolute Gasteiger partial charge is 0.322 e. The lowest BCUT2D eigenvalue weighted by molar-refractivity contribution is -0.104. The second-order valence-corrected chi connectivity index (χ2v) is 11.3. The first-order valence-corrected chi connectivity index (χ1v) is 16.2. The van der Waals surface area contributed by atoms with Gasteiger partial charge in [0, 0.05) is 34.3 Å². The average molecular weight is 671 g/mol. The van der Waals surface area contributed by atoms with Crippen molar-refractivity contribution in [2.75, 3.05) is 0 Å². The van der Waals surface area contributed by atoms with Crippen molar-refractivity contribution in [2.45, 2.75) is 19.5 Å². The highest BCUT2D eigenvalue weighted by molar-refractivity contribution is 6.33. The number of benzene rings is 6. The van der Waals surface area contributed by atoms with Crippen LogP contribution in [-0.4, -0.2) is 22.0 Å². The number of aldehydes is 1. The third kappa shape index (κ3) is 10.6. The molecule has 0 saturated heterocycles. The maximum atomic E-state index is 10.6. The zero-order valence-electron chi connectivity index (χ0n) is 27.5. The van der Waals surface area contributed by atoms with Gasteiger partial charge in [0.25, 0.3) is 0 Å². The molecule has 0 saturated carbocycles. The molecule has 6 nitrogen and oxygen atoms in total. The second-order valence-electron chi connectivity index (χ2n) is 11.3. The van der Waals surface area contributed by atoms with Crippen LogP contribution in [0.2, 0.25) is 0 Å². The number of nitrogens with zero attached hydrogens (tertiary/aromatic N) is 2. The van der Waals surface area contributed by atoms with Crippen LogP contribution >= 0.6 is 0 Å². The maximum Gasteiger partial charge on any atom is 0.225 e. The van der Waals surface area contributed by atoms with Crippen molar-refractivity contribution in [3.8, 4) is 33.8 Å². The van der Waals surface area contributed by atoms with Crippen LogP contribution in [0.1, 0.15) is 41.0 Å². The molecule has 7 rings (SSSR count). The quantitative estimate of drug-likeness (QED) is 0.0946. The first kappa shape index (κ1) is 37.5. The predicted molar refractivity (Wildman–Crippen MR) is 209 cm³/mol. The van der Waals surface area contributed by atoms with Gasteiger partial charge in [-0.1, -0.05) is 189 Å². The molecule has 4 N–H and O–H groups in total. The average Bonchev–Trinajstić information content (AvgIpc) is 3.22. The van der Waals surface area contributed by atoms with Crippen molar-refractivity contribution in [3.63, 3.8) is 0 Å². The zero-order valence-corrected chi connectivity index (χ0v) is 27.5. The van der Waals surface area contributed by atoms with Gasteiger partial charge in [-0.2, -0.15) is 0 Å². The molecule has 0 aliphatic carbocycles. The number of nitrogens with two attached hydrogens (primary N) is 2. The van der Waals surface area contributed by atoms with Gasteiger partial charge in [-0.3, -0.25) is 14.6 Å². The molecule has 0 radical (unpaired) electrons. The van der Waals surface area contributed by atoms with E-state index < -0.39 is 5.78 Å². The standard InChI is InChI=1S/C22H16N2.C14H16N2.C8H6O2.CH4/c1-4-10-17(11-5-1)20-16-23-21(18-12-6-2-7-13-18)22(24-20)19-14-8-3-9-15-19;15-13(11-7-3-1-4-8-11)14(16)12-9-5-2-6-10-12;9-6-8(10)7-4-2-1-3-5-7;/h1-16H;1-10,13-14H,15-16H2;1-6H;1H4. The van der Waals surface area contributed by atoms with Crippen LogP contribution in [0.5, 0.6) is 0 Å². The molecule has 7 aromatic rings. The minimum Gasteiger partial charge on any atom is -0.322 e. The Hall–Kier alpha value is -6.34. The highest BCUT2D eigenvalue weighted by Crippen LogP contribution is 2.31. The summed E-state index contributed by atoms with van der Waals surface area (Å²) in [7, 11) is 0.